The van der Waals surface area contributed by atoms with E-state index < -0.39 is 4.92 Å². The zero-order valence-electron chi connectivity index (χ0n) is 15.9. The number of thiazole rings is 1. The lowest BCUT2D eigenvalue weighted by atomic mass is 9.93. The van der Waals surface area contributed by atoms with Crippen molar-refractivity contribution in [3.05, 3.63) is 37.1 Å². The molecule has 1 aliphatic rings. The van der Waals surface area contributed by atoms with E-state index in [2.05, 4.69) is 26.2 Å². The van der Waals surface area contributed by atoms with Crippen LogP contribution in [0.1, 0.15) is 60.6 Å². The molecule has 0 bridgehead atoms. The highest BCUT2D eigenvalue weighted by Gasteiger charge is 2.32. The van der Waals surface area contributed by atoms with E-state index in [0.29, 0.717) is 19.0 Å². The molecule has 2 aromatic heterocycles. The number of thiophene rings is 1. The number of likely N-dealkylation sites (tertiary alicyclic amines) is 1. The molecule has 1 amide bonds. The van der Waals surface area contributed by atoms with Crippen LogP contribution in [0.3, 0.4) is 0 Å². The summed E-state index contributed by atoms with van der Waals surface area (Å²) in [4.78, 5) is 29.9. The first kappa shape index (κ1) is 19.8. The van der Waals surface area contributed by atoms with E-state index in [4.69, 9.17) is 9.72 Å². The van der Waals surface area contributed by atoms with Crippen molar-refractivity contribution in [2.24, 2.45) is 0 Å². The molecule has 2 aromatic rings. The summed E-state index contributed by atoms with van der Waals surface area (Å²) in [5, 5.41) is 15.7. The first-order valence-electron chi connectivity index (χ1n) is 8.77. The number of rotatable bonds is 4. The molecule has 0 saturated carbocycles. The maximum atomic E-state index is 12.8. The van der Waals surface area contributed by atoms with Crippen molar-refractivity contribution < 1.29 is 14.5 Å². The van der Waals surface area contributed by atoms with E-state index in [0.717, 1.165) is 34.9 Å². The predicted molar refractivity (Wildman–Crippen MR) is 106 cm³/mol. The van der Waals surface area contributed by atoms with Crippen LogP contribution in [0.15, 0.2) is 10.8 Å². The minimum absolute atomic E-state index is 0.0373. The number of amides is 1. The molecule has 7 nitrogen and oxygen atoms in total. The topological polar surface area (TPSA) is 85.6 Å². The van der Waals surface area contributed by atoms with Gasteiger partial charge in [0.2, 0.25) is 5.75 Å². The van der Waals surface area contributed by atoms with Gasteiger partial charge >= 0.3 is 5.00 Å². The summed E-state index contributed by atoms with van der Waals surface area (Å²) in [7, 11) is 1.35. The van der Waals surface area contributed by atoms with Crippen LogP contribution in [-0.2, 0) is 5.41 Å². The van der Waals surface area contributed by atoms with Gasteiger partial charge < -0.3 is 9.64 Å². The number of hydrogen-bond acceptors (Lipinski definition) is 7. The summed E-state index contributed by atoms with van der Waals surface area (Å²) in [5.41, 5.74) is 1.42. The summed E-state index contributed by atoms with van der Waals surface area (Å²) in [6.07, 6.45) is 1.69. The molecule has 0 atom stereocenters. The average molecular weight is 410 g/mol. The maximum absolute atomic E-state index is 12.8. The lowest BCUT2D eigenvalue weighted by Crippen LogP contribution is -2.37. The van der Waals surface area contributed by atoms with E-state index in [-0.39, 0.29) is 27.6 Å². The summed E-state index contributed by atoms with van der Waals surface area (Å²) in [5.74, 6) is 0.213. The van der Waals surface area contributed by atoms with Gasteiger partial charge in [-0.1, -0.05) is 32.1 Å². The molecule has 1 saturated heterocycles. The monoisotopic (exact) mass is 409 g/mol. The molecule has 3 heterocycles. The minimum atomic E-state index is -0.512. The number of hydrogen-bond donors (Lipinski definition) is 0. The lowest BCUT2D eigenvalue weighted by Gasteiger charge is -2.31. The highest BCUT2D eigenvalue weighted by atomic mass is 32.1. The third-order valence-corrected chi connectivity index (χ3v) is 6.67. The zero-order valence-corrected chi connectivity index (χ0v) is 17.5. The number of methoxy groups -OCH3 is 1. The minimum Gasteiger partial charge on any atom is -0.489 e. The van der Waals surface area contributed by atoms with Crippen molar-refractivity contribution in [1.29, 1.82) is 0 Å². The van der Waals surface area contributed by atoms with Gasteiger partial charge in [0.15, 0.2) is 0 Å². The Balaban J connectivity index is 1.68. The van der Waals surface area contributed by atoms with Crippen molar-refractivity contribution in [2.45, 2.75) is 44.9 Å². The number of piperidine rings is 1. The van der Waals surface area contributed by atoms with E-state index in [1.54, 1.807) is 16.2 Å². The molecule has 0 spiro atoms. The van der Waals surface area contributed by atoms with Crippen molar-refractivity contribution in [3.63, 3.8) is 0 Å². The van der Waals surface area contributed by atoms with Crippen molar-refractivity contribution in [2.75, 3.05) is 20.2 Å². The first-order valence-corrected chi connectivity index (χ1v) is 10.5. The number of nitrogens with zero attached hydrogens (tertiary/aromatic N) is 3. The summed E-state index contributed by atoms with van der Waals surface area (Å²) >= 11 is 2.62. The molecule has 27 heavy (non-hydrogen) atoms. The Morgan fingerprint density at radius 2 is 1.96 bits per heavy atom. The summed E-state index contributed by atoms with van der Waals surface area (Å²) < 4.78 is 5.13. The first-order chi connectivity index (χ1) is 12.7. The van der Waals surface area contributed by atoms with Gasteiger partial charge in [-0.25, -0.2) is 4.98 Å². The van der Waals surface area contributed by atoms with Crippen LogP contribution in [-0.4, -0.2) is 40.9 Å². The molecule has 0 unspecified atom stereocenters. The van der Waals surface area contributed by atoms with Gasteiger partial charge in [-0.2, -0.15) is 0 Å². The van der Waals surface area contributed by atoms with Gasteiger partial charge in [-0.15, -0.1) is 11.3 Å². The van der Waals surface area contributed by atoms with Gasteiger partial charge in [0.25, 0.3) is 5.91 Å². The Kier molecular flexibility index (Phi) is 5.53. The fraction of sp³-hybridized carbons (Fsp3) is 0.556. The Labute approximate surface area is 166 Å². The van der Waals surface area contributed by atoms with E-state index in [9.17, 15) is 14.9 Å². The van der Waals surface area contributed by atoms with Crippen molar-refractivity contribution in [3.8, 4) is 5.75 Å². The fourth-order valence-corrected chi connectivity index (χ4v) is 5.17. The van der Waals surface area contributed by atoms with Gasteiger partial charge in [-0.3, -0.25) is 14.9 Å². The van der Waals surface area contributed by atoms with Crippen LogP contribution in [0.4, 0.5) is 5.00 Å². The van der Waals surface area contributed by atoms with Crippen LogP contribution in [0.25, 0.3) is 0 Å². The SMILES string of the molecule is COc1c(C(=O)N2CCC(c3nc(C(C)(C)C)cs3)CC2)csc1[N+](=O)[O-]. The normalized spacial score (nSPS) is 15.8. The lowest BCUT2D eigenvalue weighted by molar-refractivity contribution is -0.381. The number of carbonyl (C=O) groups is 1. The highest BCUT2D eigenvalue weighted by Crippen LogP contribution is 2.39. The van der Waals surface area contributed by atoms with Crippen LogP contribution in [0, 0.1) is 10.1 Å². The number of aromatic nitrogens is 1. The number of ether oxygens (including phenoxy) is 1. The van der Waals surface area contributed by atoms with Crippen LogP contribution in [0.5, 0.6) is 5.75 Å². The standard InChI is InChI=1S/C18H23N3O4S2/c1-18(2,3)13-10-26-15(19-13)11-5-7-20(8-6-11)16(22)12-9-27-17(21(23)24)14(12)25-4/h9-11H,5-8H2,1-4H3. The third-order valence-electron chi connectivity index (χ3n) is 4.75. The van der Waals surface area contributed by atoms with Crippen LogP contribution < -0.4 is 4.74 Å². The number of carbonyl (C=O) groups excluding carboxylic acids is 1. The smallest absolute Gasteiger partial charge is 0.366 e. The Morgan fingerprint density at radius 1 is 1.30 bits per heavy atom. The Bertz CT molecular complexity index is 845. The largest absolute Gasteiger partial charge is 0.489 e. The van der Waals surface area contributed by atoms with Gasteiger partial charge in [0.05, 0.1) is 28.3 Å². The summed E-state index contributed by atoms with van der Waals surface area (Å²) in [6, 6.07) is 0. The van der Waals surface area contributed by atoms with Crippen LogP contribution >= 0.6 is 22.7 Å². The van der Waals surface area contributed by atoms with Crippen molar-refractivity contribution >= 4 is 33.6 Å². The molecule has 146 valence electrons. The molecule has 0 N–H and O–H groups in total. The highest BCUT2D eigenvalue weighted by molar-refractivity contribution is 7.14. The number of nitro groups is 1. The fourth-order valence-electron chi connectivity index (χ4n) is 3.13. The van der Waals surface area contributed by atoms with Gasteiger partial charge in [-0.05, 0) is 12.8 Å². The molecule has 3 rings (SSSR count). The zero-order chi connectivity index (χ0) is 19.8. The predicted octanol–water partition coefficient (Wildman–Crippen LogP) is 4.44. The summed E-state index contributed by atoms with van der Waals surface area (Å²) in [6.45, 7) is 7.68. The second kappa shape index (κ2) is 7.55. The van der Waals surface area contributed by atoms with Gasteiger partial charge in [0.1, 0.15) is 0 Å². The second-order valence-electron chi connectivity index (χ2n) is 7.63. The maximum Gasteiger partial charge on any atom is 0.366 e. The van der Waals surface area contributed by atoms with Gasteiger partial charge in [0, 0.05) is 35.2 Å². The molecule has 1 fully saturated rings. The molecule has 0 aromatic carbocycles. The average Bonchev–Trinajstić information content (AvgIpc) is 3.28. The van der Waals surface area contributed by atoms with E-state index >= 15 is 0 Å². The Hall–Kier alpha value is -2.00. The second-order valence-corrected chi connectivity index (χ2v) is 9.38. The van der Waals surface area contributed by atoms with E-state index in [1.807, 2.05) is 0 Å². The Morgan fingerprint density at radius 3 is 2.48 bits per heavy atom. The molecule has 0 aliphatic carbocycles. The van der Waals surface area contributed by atoms with E-state index in [1.165, 1.54) is 12.5 Å². The molecule has 9 heteroatoms. The molecule has 0 radical (unpaired) electrons. The molecular formula is C18H23N3O4S2. The van der Waals surface area contributed by atoms with Crippen molar-refractivity contribution in [1.82, 2.24) is 9.88 Å². The molecular weight excluding hydrogens is 386 g/mol. The quantitative estimate of drug-likeness (QED) is 0.550. The van der Waals surface area contributed by atoms with Crippen LogP contribution in [0.2, 0.25) is 0 Å². The molecule has 1 aliphatic heterocycles. The third kappa shape index (κ3) is 3.98.